The monoisotopic (exact) mass is 294 g/mol. The normalized spacial score (nSPS) is 12.0. The van der Waals surface area contributed by atoms with Gasteiger partial charge in [0.2, 0.25) is 0 Å². The minimum atomic E-state index is -0.559. The molecule has 0 heterocycles. The van der Waals surface area contributed by atoms with Gasteiger partial charge in [0, 0.05) is 12.1 Å². The maximum absolute atomic E-state index is 11.9. The highest BCUT2D eigenvalue weighted by molar-refractivity contribution is 5.94. The predicted molar refractivity (Wildman–Crippen MR) is 78.9 cm³/mol. The van der Waals surface area contributed by atoms with Crippen LogP contribution in [-0.4, -0.2) is 36.2 Å². The van der Waals surface area contributed by atoms with E-state index in [-0.39, 0.29) is 19.1 Å². The van der Waals surface area contributed by atoms with Gasteiger partial charge < -0.3 is 20.9 Å². The number of aliphatic hydroxyl groups is 1. The number of nitrogens with one attached hydrogen (secondary N) is 1. The molecule has 0 bridgehead atoms. The molecule has 0 aromatic heterocycles. The highest BCUT2D eigenvalue weighted by Crippen LogP contribution is 2.12. The second-order valence-electron chi connectivity index (χ2n) is 5.27. The molecule has 1 rings (SSSR count). The topological polar surface area (TPSA) is 102 Å². The minimum absolute atomic E-state index is 0.201. The fourth-order valence-electron chi connectivity index (χ4n) is 1.80. The van der Waals surface area contributed by atoms with Crippen molar-refractivity contribution in [2.75, 3.05) is 13.2 Å². The van der Waals surface area contributed by atoms with E-state index >= 15 is 0 Å². The van der Waals surface area contributed by atoms with E-state index in [1.54, 1.807) is 24.3 Å². The lowest BCUT2D eigenvalue weighted by Gasteiger charge is -2.14. The van der Waals surface area contributed by atoms with Crippen LogP contribution in [-0.2, 0) is 4.79 Å². The molecule has 1 aromatic carbocycles. The summed E-state index contributed by atoms with van der Waals surface area (Å²) >= 11 is 0. The average molecular weight is 294 g/mol. The van der Waals surface area contributed by atoms with Crippen LogP contribution in [0, 0.1) is 5.92 Å². The molecular weight excluding hydrogens is 272 g/mol. The third-order valence-electron chi connectivity index (χ3n) is 2.74. The van der Waals surface area contributed by atoms with E-state index < -0.39 is 12.0 Å². The Morgan fingerprint density at radius 1 is 1.29 bits per heavy atom. The largest absolute Gasteiger partial charge is 0.484 e. The van der Waals surface area contributed by atoms with Crippen LogP contribution in [0.3, 0.4) is 0 Å². The molecule has 4 N–H and O–H groups in total. The number of primary amides is 1. The fraction of sp³-hybridized carbons (Fsp3) is 0.467. The quantitative estimate of drug-likeness (QED) is 0.656. The number of rotatable bonds is 8. The van der Waals surface area contributed by atoms with Crippen molar-refractivity contribution >= 4 is 11.8 Å². The highest BCUT2D eigenvalue weighted by Gasteiger charge is 2.10. The number of carbonyl (C=O) groups is 2. The molecule has 0 spiro atoms. The lowest BCUT2D eigenvalue weighted by atomic mass is 10.1. The lowest BCUT2D eigenvalue weighted by Crippen LogP contribution is -2.32. The molecule has 1 aromatic rings. The Morgan fingerprint density at radius 2 is 1.90 bits per heavy atom. The number of aliphatic hydroxyl groups excluding tert-OH is 1. The lowest BCUT2D eigenvalue weighted by molar-refractivity contribution is -0.119. The molecule has 2 amide bonds. The number of amides is 2. The number of nitrogens with two attached hydrogens (primary N) is 1. The van der Waals surface area contributed by atoms with E-state index in [0.29, 0.717) is 23.7 Å². The third kappa shape index (κ3) is 6.76. The highest BCUT2D eigenvalue weighted by atomic mass is 16.5. The van der Waals surface area contributed by atoms with Crippen molar-refractivity contribution in [1.82, 2.24) is 5.32 Å². The first-order chi connectivity index (χ1) is 9.88. The van der Waals surface area contributed by atoms with Gasteiger partial charge in [-0.3, -0.25) is 9.59 Å². The number of hydrogen-bond acceptors (Lipinski definition) is 4. The van der Waals surface area contributed by atoms with Crippen molar-refractivity contribution in [1.29, 1.82) is 0 Å². The minimum Gasteiger partial charge on any atom is -0.484 e. The van der Waals surface area contributed by atoms with Gasteiger partial charge in [0.15, 0.2) is 6.61 Å². The summed E-state index contributed by atoms with van der Waals surface area (Å²) in [7, 11) is 0. The molecule has 6 nitrogen and oxygen atoms in total. The van der Waals surface area contributed by atoms with Crippen molar-refractivity contribution in [3.63, 3.8) is 0 Å². The standard InChI is InChI=1S/C15H22N2O4/c1-10(2)7-12(18)8-17-15(20)11-3-5-13(6-4-11)21-9-14(16)19/h3-6,10,12,18H,7-9H2,1-2H3,(H2,16,19)(H,17,20). The Bertz CT molecular complexity index is 471. The van der Waals surface area contributed by atoms with Gasteiger partial charge in [0.05, 0.1) is 6.10 Å². The Kier molecular flexibility index (Phi) is 6.68. The zero-order valence-electron chi connectivity index (χ0n) is 12.3. The summed E-state index contributed by atoms with van der Waals surface area (Å²) in [5.41, 5.74) is 5.43. The van der Waals surface area contributed by atoms with Crippen LogP contribution in [0.1, 0.15) is 30.6 Å². The van der Waals surface area contributed by atoms with E-state index in [1.807, 2.05) is 13.8 Å². The smallest absolute Gasteiger partial charge is 0.255 e. The first-order valence-electron chi connectivity index (χ1n) is 6.86. The van der Waals surface area contributed by atoms with Gasteiger partial charge in [-0.05, 0) is 36.6 Å². The SMILES string of the molecule is CC(C)CC(O)CNC(=O)c1ccc(OCC(N)=O)cc1. The van der Waals surface area contributed by atoms with Crippen LogP contribution in [0.5, 0.6) is 5.75 Å². The van der Waals surface area contributed by atoms with Crippen molar-refractivity contribution in [3.8, 4) is 5.75 Å². The van der Waals surface area contributed by atoms with Gasteiger partial charge >= 0.3 is 0 Å². The number of ether oxygens (including phenoxy) is 1. The fourth-order valence-corrected chi connectivity index (χ4v) is 1.80. The Hall–Kier alpha value is -2.08. The van der Waals surface area contributed by atoms with Crippen molar-refractivity contribution in [2.45, 2.75) is 26.4 Å². The van der Waals surface area contributed by atoms with Crippen LogP contribution < -0.4 is 15.8 Å². The first kappa shape index (κ1) is 17.0. The van der Waals surface area contributed by atoms with E-state index in [4.69, 9.17) is 10.5 Å². The molecule has 0 saturated carbocycles. The zero-order valence-corrected chi connectivity index (χ0v) is 12.3. The van der Waals surface area contributed by atoms with Crippen LogP contribution in [0.4, 0.5) is 0 Å². The van der Waals surface area contributed by atoms with Gasteiger partial charge in [0.25, 0.3) is 11.8 Å². The summed E-state index contributed by atoms with van der Waals surface area (Å²) in [6.45, 7) is 4.04. The Morgan fingerprint density at radius 3 is 2.43 bits per heavy atom. The Labute approximate surface area is 124 Å². The van der Waals surface area contributed by atoms with E-state index in [1.165, 1.54) is 0 Å². The molecule has 0 saturated heterocycles. The molecule has 0 aliphatic heterocycles. The first-order valence-corrected chi connectivity index (χ1v) is 6.86. The van der Waals surface area contributed by atoms with Crippen molar-refractivity contribution < 1.29 is 19.4 Å². The molecule has 0 aliphatic rings. The molecule has 0 radical (unpaired) electrons. The predicted octanol–water partition coefficient (Wildman–Crippen LogP) is 0.688. The molecule has 1 atom stereocenters. The third-order valence-corrected chi connectivity index (χ3v) is 2.74. The second-order valence-corrected chi connectivity index (χ2v) is 5.27. The molecule has 0 aliphatic carbocycles. The molecule has 0 fully saturated rings. The summed E-state index contributed by atoms with van der Waals surface area (Å²) in [5, 5.41) is 12.4. The Balaban J connectivity index is 2.45. The van der Waals surface area contributed by atoms with Crippen LogP contribution in [0.2, 0.25) is 0 Å². The average Bonchev–Trinajstić information content (AvgIpc) is 2.42. The van der Waals surface area contributed by atoms with Crippen molar-refractivity contribution in [2.24, 2.45) is 11.7 Å². The summed E-state index contributed by atoms with van der Waals surface area (Å²) in [4.78, 5) is 22.5. The van der Waals surface area contributed by atoms with Gasteiger partial charge in [-0.25, -0.2) is 0 Å². The molecular formula is C15H22N2O4. The van der Waals surface area contributed by atoms with Gasteiger partial charge in [-0.1, -0.05) is 13.8 Å². The summed E-state index contributed by atoms with van der Waals surface area (Å²) in [6.07, 6.45) is 0.0901. The number of hydrogen-bond donors (Lipinski definition) is 3. The molecule has 21 heavy (non-hydrogen) atoms. The molecule has 116 valence electrons. The summed E-state index contributed by atoms with van der Waals surface area (Å²) < 4.78 is 5.10. The number of benzene rings is 1. The van der Waals surface area contributed by atoms with Crippen molar-refractivity contribution in [3.05, 3.63) is 29.8 Å². The van der Waals surface area contributed by atoms with E-state index in [9.17, 15) is 14.7 Å². The van der Waals surface area contributed by atoms with Gasteiger partial charge in [-0.2, -0.15) is 0 Å². The zero-order chi connectivity index (χ0) is 15.8. The molecule has 1 unspecified atom stereocenters. The second kappa shape index (κ2) is 8.26. The van der Waals surface area contributed by atoms with E-state index in [2.05, 4.69) is 5.32 Å². The number of carbonyl (C=O) groups excluding carboxylic acids is 2. The van der Waals surface area contributed by atoms with Crippen LogP contribution >= 0.6 is 0 Å². The summed E-state index contributed by atoms with van der Waals surface area (Å²) in [6, 6.07) is 6.34. The van der Waals surface area contributed by atoms with Crippen LogP contribution in [0.15, 0.2) is 24.3 Å². The van der Waals surface area contributed by atoms with Crippen LogP contribution in [0.25, 0.3) is 0 Å². The van der Waals surface area contributed by atoms with Gasteiger partial charge in [0.1, 0.15) is 5.75 Å². The van der Waals surface area contributed by atoms with E-state index in [0.717, 1.165) is 0 Å². The summed E-state index contributed by atoms with van der Waals surface area (Å²) in [5.74, 6) is 0.0130. The maximum atomic E-state index is 11.9. The van der Waals surface area contributed by atoms with Gasteiger partial charge in [-0.15, -0.1) is 0 Å². The maximum Gasteiger partial charge on any atom is 0.255 e. The molecule has 6 heteroatoms.